The van der Waals surface area contributed by atoms with Crippen LogP contribution in [0.2, 0.25) is 0 Å². The first-order chi connectivity index (χ1) is 14.4. The molecule has 2 aromatic carbocycles. The number of benzene rings is 2. The topological polar surface area (TPSA) is 70.2 Å². The maximum absolute atomic E-state index is 12.9. The molecule has 2 N–H and O–H groups in total. The monoisotopic (exact) mass is 413 g/mol. The van der Waals surface area contributed by atoms with Crippen molar-refractivity contribution in [2.24, 2.45) is 0 Å². The summed E-state index contributed by atoms with van der Waals surface area (Å²) >= 11 is 0. The Hall–Kier alpha value is -3.62. The number of nitrogens with zero attached hydrogens (tertiary/aromatic N) is 3. The highest BCUT2D eigenvalue weighted by molar-refractivity contribution is 6.00. The molecule has 0 saturated carbocycles. The van der Waals surface area contributed by atoms with Crippen molar-refractivity contribution >= 4 is 23.4 Å². The number of carbonyl (C=O) groups is 1. The molecule has 0 aliphatic carbocycles. The average Bonchev–Trinajstić information content (AvgIpc) is 2.74. The van der Waals surface area contributed by atoms with E-state index in [2.05, 4.69) is 20.6 Å². The zero-order valence-electron chi connectivity index (χ0n) is 15.8. The summed E-state index contributed by atoms with van der Waals surface area (Å²) in [7, 11) is 0. The van der Waals surface area contributed by atoms with Crippen LogP contribution >= 0.6 is 0 Å². The van der Waals surface area contributed by atoms with E-state index in [-0.39, 0.29) is 12.0 Å². The number of rotatable bonds is 3. The molecule has 0 atom stereocenters. The van der Waals surface area contributed by atoms with Crippen molar-refractivity contribution in [3.8, 4) is 0 Å². The van der Waals surface area contributed by atoms with E-state index in [1.807, 2.05) is 24.3 Å². The number of carbonyl (C=O) groups excluding carboxylic acids is 1. The second kappa shape index (κ2) is 8.02. The highest BCUT2D eigenvalue weighted by Gasteiger charge is 2.33. The van der Waals surface area contributed by atoms with E-state index in [9.17, 15) is 18.0 Å². The van der Waals surface area contributed by atoms with E-state index in [1.165, 1.54) is 0 Å². The standard InChI is InChI=1S/C21H18F3N5O/c22-21(23,24)18-9-11-25-19(28-18)29-12-10-16-14(13-29)5-4-8-17(16)27-20(30)26-15-6-2-1-3-7-15/h1-9,11H,10,12-13H2,(H2,26,27,30). The molecule has 0 spiro atoms. The summed E-state index contributed by atoms with van der Waals surface area (Å²) in [6, 6.07) is 15.1. The van der Waals surface area contributed by atoms with Crippen LogP contribution in [0.15, 0.2) is 60.8 Å². The molecule has 2 heterocycles. The van der Waals surface area contributed by atoms with Crippen molar-refractivity contribution in [2.45, 2.75) is 19.1 Å². The molecule has 0 saturated heterocycles. The molecule has 4 rings (SSSR count). The van der Waals surface area contributed by atoms with E-state index in [0.29, 0.717) is 30.9 Å². The second-order valence-corrected chi connectivity index (χ2v) is 6.80. The predicted octanol–water partition coefficient (Wildman–Crippen LogP) is 4.70. The molecule has 1 aliphatic rings. The number of hydrogen-bond acceptors (Lipinski definition) is 4. The fraction of sp³-hybridized carbons (Fsp3) is 0.190. The largest absolute Gasteiger partial charge is 0.433 e. The molecule has 1 aromatic heterocycles. The van der Waals surface area contributed by atoms with Gasteiger partial charge in [0, 0.05) is 30.7 Å². The van der Waals surface area contributed by atoms with Gasteiger partial charge in [0.15, 0.2) is 0 Å². The quantitative estimate of drug-likeness (QED) is 0.653. The summed E-state index contributed by atoms with van der Waals surface area (Å²) in [5.74, 6) is 0.0376. The summed E-state index contributed by atoms with van der Waals surface area (Å²) in [6.07, 6.45) is -2.86. The highest BCUT2D eigenvalue weighted by atomic mass is 19.4. The van der Waals surface area contributed by atoms with Gasteiger partial charge in [-0.25, -0.2) is 14.8 Å². The zero-order chi connectivity index (χ0) is 21.1. The number of para-hydroxylation sites is 1. The number of aromatic nitrogens is 2. The minimum absolute atomic E-state index is 0.0376. The van der Waals surface area contributed by atoms with Crippen molar-refractivity contribution in [1.82, 2.24) is 9.97 Å². The Kier molecular flexibility index (Phi) is 5.26. The van der Waals surface area contributed by atoms with Gasteiger partial charge in [0.05, 0.1) is 0 Å². The average molecular weight is 413 g/mol. The van der Waals surface area contributed by atoms with Gasteiger partial charge in [-0.05, 0) is 41.8 Å². The van der Waals surface area contributed by atoms with Crippen molar-refractivity contribution in [2.75, 3.05) is 22.1 Å². The Morgan fingerprint density at radius 3 is 2.57 bits per heavy atom. The van der Waals surface area contributed by atoms with E-state index < -0.39 is 11.9 Å². The number of fused-ring (bicyclic) bond motifs is 1. The smallest absolute Gasteiger partial charge is 0.336 e. The lowest BCUT2D eigenvalue weighted by Gasteiger charge is -2.30. The number of hydrogen-bond donors (Lipinski definition) is 2. The Morgan fingerprint density at radius 2 is 1.80 bits per heavy atom. The van der Waals surface area contributed by atoms with E-state index in [1.54, 1.807) is 29.2 Å². The molecule has 0 bridgehead atoms. The van der Waals surface area contributed by atoms with Crippen LogP contribution in [0.4, 0.5) is 35.3 Å². The Morgan fingerprint density at radius 1 is 1.00 bits per heavy atom. The van der Waals surface area contributed by atoms with Gasteiger partial charge in [-0.15, -0.1) is 0 Å². The molecule has 2 amide bonds. The predicted molar refractivity (Wildman–Crippen MR) is 107 cm³/mol. The minimum Gasteiger partial charge on any atom is -0.336 e. The molecule has 0 unspecified atom stereocenters. The van der Waals surface area contributed by atoms with Gasteiger partial charge in [0.25, 0.3) is 0 Å². The van der Waals surface area contributed by atoms with Crippen molar-refractivity contribution in [3.05, 3.63) is 77.6 Å². The first kappa shape index (κ1) is 19.7. The summed E-state index contributed by atoms with van der Waals surface area (Å²) in [5.41, 5.74) is 2.23. The Balaban J connectivity index is 1.50. The van der Waals surface area contributed by atoms with Crippen molar-refractivity contribution in [1.29, 1.82) is 0 Å². The molecule has 0 fully saturated rings. The van der Waals surface area contributed by atoms with Gasteiger partial charge in [0.1, 0.15) is 5.69 Å². The van der Waals surface area contributed by atoms with Gasteiger partial charge in [-0.3, -0.25) is 0 Å². The number of urea groups is 1. The second-order valence-electron chi connectivity index (χ2n) is 6.80. The zero-order valence-corrected chi connectivity index (χ0v) is 15.8. The first-order valence-corrected chi connectivity index (χ1v) is 9.29. The van der Waals surface area contributed by atoms with Crippen LogP contribution in [-0.2, 0) is 19.1 Å². The molecule has 30 heavy (non-hydrogen) atoms. The number of nitrogens with one attached hydrogen (secondary N) is 2. The third-order valence-electron chi connectivity index (χ3n) is 4.76. The van der Waals surface area contributed by atoms with Gasteiger partial charge in [-0.1, -0.05) is 30.3 Å². The van der Waals surface area contributed by atoms with Crippen molar-refractivity contribution in [3.63, 3.8) is 0 Å². The third kappa shape index (κ3) is 4.35. The van der Waals surface area contributed by atoms with Gasteiger partial charge in [0.2, 0.25) is 5.95 Å². The molecular formula is C21H18F3N5O. The van der Waals surface area contributed by atoms with E-state index in [0.717, 1.165) is 23.4 Å². The van der Waals surface area contributed by atoms with Crippen LogP contribution in [0, 0.1) is 0 Å². The summed E-state index contributed by atoms with van der Waals surface area (Å²) in [4.78, 5) is 21.7. The van der Waals surface area contributed by atoms with Crippen LogP contribution in [0.25, 0.3) is 0 Å². The summed E-state index contributed by atoms with van der Waals surface area (Å²) in [5, 5.41) is 5.62. The van der Waals surface area contributed by atoms with Gasteiger partial charge < -0.3 is 15.5 Å². The maximum atomic E-state index is 12.9. The van der Waals surface area contributed by atoms with E-state index >= 15 is 0 Å². The summed E-state index contributed by atoms with van der Waals surface area (Å²) < 4.78 is 38.8. The fourth-order valence-electron chi connectivity index (χ4n) is 3.36. The number of anilines is 3. The minimum atomic E-state index is -4.52. The van der Waals surface area contributed by atoms with Gasteiger partial charge >= 0.3 is 12.2 Å². The lowest BCUT2D eigenvalue weighted by molar-refractivity contribution is -0.141. The molecule has 1 aliphatic heterocycles. The normalized spacial score (nSPS) is 13.5. The lowest BCUT2D eigenvalue weighted by Crippen LogP contribution is -2.33. The fourth-order valence-corrected chi connectivity index (χ4v) is 3.36. The lowest BCUT2D eigenvalue weighted by atomic mass is 9.98. The first-order valence-electron chi connectivity index (χ1n) is 9.29. The van der Waals surface area contributed by atoms with Crippen LogP contribution < -0.4 is 15.5 Å². The molecular weight excluding hydrogens is 395 g/mol. The Labute approximate surface area is 170 Å². The summed E-state index contributed by atoms with van der Waals surface area (Å²) in [6.45, 7) is 0.791. The molecule has 3 aromatic rings. The van der Waals surface area contributed by atoms with Crippen molar-refractivity contribution < 1.29 is 18.0 Å². The molecule has 0 radical (unpaired) electrons. The molecule has 154 valence electrons. The van der Waals surface area contributed by atoms with Crippen LogP contribution in [0.1, 0.15) is 16.8 Å². The van der Waals surface area contributed by atoms with Crippen LogP contribution in [-0.4, -0.2) is 22.5 Å². The molecule has 9 heteroatoms. The van der Waals surface area contributed by atoms with E-state index in [4.69, 9.17) is 0 Å². The highest BCUT2D eigenvalue weighted by Crippen LogP contribution is 2.31. The van der Waals surface area contributed by atoms with Crippen LogP contribution in [0.5, 0.6) is 0 Å². The molecule has 6 nitrogen and oxygen atoms in total. The van der Waals surface area contributed by atoms with Crippen LogP contribution in [0.3, 0.4) is 0 Å². The third-order valence-corrected chi connectivity index (χ3v) is 4.76. The number of alkyl halides is 3. The van der Waals surface area contributed by atoms with Gasteiger partial charge in [-0.2, -0.15) is 13.2 Å². The maximum Gasteiger partial charge on any atom is 0.433 e. The number of halogens is 3. The number of amides is 2. The Bertz CT molecular complexity index is 1060. The SMILES string of the molecule is O=C(Nc1ccccc1)Nc1cccc2c1CCN(c1nccc(C(F)(F)F)n1)C2.